The molecular weight excluding hydrogens is 398 g/mol. The lowest BCUT2D eigenvalue weighted by Crippen LogP contribution is -2.39. The van der Waals surface area contributed by atoms with E-state index in [1.807, 2.05) is 37.4 Å². The summed E-state index contributed by atoms with van der Waals surface area (Å²) in [5, 5.41) is 3.19. The zero-order chi connectivity index (χ0) is 21.1. The Bertz CT molecular complexity index is 963. The molecule has 0 bridgehead atoms. The van der Waals surface area contributed by atoms with Gasteiger partial charge in [0.2, 0.25) is 10.0 Å². The first-order valence-electron chi connectivity index (χ1n) is 10.7. The molecule has 7 nitrogen and oxygen atoms in total. The standard InChI is InChI=1S/C22H31N5O2S/c1-23-22-19-16-27(30(28,29)14-11-17-7-4-3-5-8-17)13-10-20(19)24-21(25-22)18-9-6-12-26(2)15-18/h3-5,7-8,18H,6,9-16H2,1-2H3,(H,23,24,25). The van der Waals surface area contributed by atoms with E-state index in [1.165, 1.54) is 0 Å². The highest BCUT2D eigenvalue weighted by molar-refractivity contribution is 7.89. The van der Waals surface area contributed by atoms with Crippen molar-refractivity contribution in [1.29, 1.82) is 0 Å². The average molecular weight is 430 g/mol. The summed E-state index contributed by atoms with van der Waals surface area (Å²) in [5.41, 5.74) is 2.95. The summed E-state index contributed by atoms with van der Waals surface area (Å²) >= 11 is 0. The number of nitrogens with one attached hydrogen (secondary N) is 1. The number of aryl methyl sites for hydroxylation is 1. The van der Waals surface area contributed by atoms with Crippen LogP contribution < -0.4 is 5.32 Å². The Kier molecular flexibility index (Phi) is 6.36. The van der Waals surface area contributed by atoms with Gasteiger partial charge in [-0.3, -0.25) is 0 Å². The Balaban J connectivity index is 1.51. The van der Waals surface area contributed by atoms with Crippen LogP contribution in [0.3, 0.4) is 0 Å². The van der Waals surface area contributed by atoms with Gasteiger partial charge in [0.25, 0.3) is 0 Å². The van der Waals surface area contributed by atoms with Crippen LogP contribution in [-0.2, 0) is 29.4 Å². The third kappa shape index (κ3) is 4.66. The van der Waals surface area contributed by atoms with Crippen LogP contribution in [-0.4, -0.2) is 67.1 Å². The van der Waals surface area contributed by atoms with Gasteiger partial charge in [0, 0.05) is 44.6 Å². The lowest BCUT2D eigenvalue weighted by Gasteiger charge is -2.32. The second-order valence-electron chi connectivity index (χ2n) is 8.34. The first kappa shape index (κ1) is 21.2. The van der Waals surface area contributed by atoms with E-state index in [9.17, 15) is 8.42 Å². The molecule has 3 heterocycles. The fraction of sp³-hybridized carbons (Fsp3) is 0.545. The molecule has 2 aliphatic heterocycles. The van der Waals surface area contributed by atoms with Crippen molar-refractivity contribution in [2.75, 3.05) is 44.8 Å². The molecule has 8 heteroatoms. The zero-order valence-electron chi connectivity index (χ0n) is 17.8. The molecule has 2 aromatic rings. The van der Waals surface area contributed by atoms with Crippen LogP contribution in [0.1, 0.15) is 41.4 Å². The number of piperidine rings is 1. The molecule has 1 aromatic heterocycles. The number of hydrogen-bond donors (Lipinski definition) is 1. The lowest BCUT2D eigenvalue weighted by atomic mass is 9.97. The number of sulfonamides is 1. The summed E-state index contributed by atoms with van der Waals surface area (Å²) in [6, 6.07) is 9.77. The summed E-state index contributed by atoms with van der Waals surface area (Å²) in [5.74, 6) is 2.12. The van der Waals surface area contributed by atoms with Crippen molar-refractivity contribution in [3.8, 4) is 0 Å². The first-order valence-corrected chi connectivity index (χ1v) is 12.3. The number of likely N-dealkylation sites (tertiary alicyclic amines) is 1. The van der Waals surface area contributed by atoms with Gasteiger partial charge < -0.3 is 10.2 Å². The van der Waals surface area contributed by atoms with Crippen molar-refractivity contribution >= 4 is 15.8 Å². The van der Waals surface area contributed by atoms with Crippen molar-refractivity contribution in [1.82, 2.24) is 19.2 Å². The Morgan fingerprint density at radius 1 is 1.17 bits per heavy atom. The number of rotatable bonds is 6. The van der Waals surface area contributed by atoms with E-state index < -0.39 is 10.0 Å². The number of anilines is 1. The molecular formula is C22H31N5O2S. The Hall–Kier alpha value is -2.03. The van der Waals surface area contributed by atoms with Gasteiger partial charge >= 0.3 is 0 Å². The van der Waals surface area contributed by atoms with E-state index >= 15 is 0 Å². The lowest BCUT2D eigenvalue weighted by molar-refractivity contribution is 0.245. The maximum absolute atomic E-state index is 13.0. The van der Waals surface area contributed by atoms with Gasteiger partial charge in [0.05, 0.1) is 11.4 Å². The van der Waals surface area contributed by atoms with Crippen LogP contribution in [0.15, 0.2) is 30.3 Å². The largest absolute Gasteiger partial charge is 0.373 e. The van der Waals surface area contributed by atoms with E-state index in [1.54, 1.807) is 4.31 Å². The predicted octanol–water partition coefficient (Wildman–Crippen LogP) is 2.26. The van der Waals surface area contributed by atoms with Crippen molar-refractivity contribution in [3.05, 3.63) is 53.0 Å². The van der Waals surface area contributed by atoms with Gasteiger partial charge in [-0.05, 0) is 38.4 Å². The molecule has 1 atom stereocenters. The smallest absolute Gasteiger partial charge is 0.214 e. The van der Waals surface area contributed by atoms with E-state index in [-0.39, 0.29) is 5.75 Å². The maximum Gasteiger partial charge on any atom is 0.214 e. The minimum Gasteiger partial charge on any atom is -0.373 e. The average Bonchev–Trinajstić information content (AvgIpc) is 2.77. The van der Waals surface area contributed by atoms with E-state index in [0.29, 0.717) is 31.8 Å². The third-order valence-corrected chi connectivity index (χ3v) is 7.97. The van der Waals surface area contributed by atoms with Crippen LogP contribution >= 0.6 is 0 Å². The molecule has 30 heavy (non-hydrogen) atoms. The van der Waals surface area contributed by atoms with Crippen molar-refractivity contribution in [3.63, 3.8) is 0 Å². The fourth-order valence-electron chi connectivity index (χ4n) is 4.43. The highest BCUT2D eigenvalue weighted by atomic mass is 32.2. The summed E-state index contributed by atoms with van der Waals surface area (Å²) in [4.78, 5) is 12.0. The second kappa shape index (κ2) is 8.99. The van der Waals surface area contributed by atoms with Crippen molar-refractivity contribution in [2.45, 2.75) is 38.1 Å². The number of aromatic nitrogens is 2. The fourth-order valence-corrected chi connectivity index (χ4v) is 5.88. The molecule has 1 N–H and O–H groups in total. The quantitative estimate of drug-likeness (QED) is 0.759. The molecule has 1 unspecified atom stereocenters. The van der Waals surface area contributed by atoms with Crippen LogP contribution in [0.2, 0.25) is 0 Å². The van der Waals surface area contributed by atoms with Gasteiger partial charge in [0.15, 0.2) is 0 Å². The van der Waals surface area contributed by atoms with E-state index in [4.69, 9.17) is 9.97 Å². The summed E-state index contributed by atoms with van der Waals surface area (Å²) < 4.78 is 27.5. The Morgan fingerprint density at radius 3 is 2.70 bits per heavy atom. The summed E-state index contributed by atoms with van der Waals surface area (Å²) in [6.45, 7) is 2.92. The molecule has 162 valence electrons. The monoisotopic (exact) mass is 429 g/mol. The number of hydrogen-bond acceptors (Lipinski definition) is 6. The number of fused-ring (bicyclic) bond motifs is 1. The van der Waals surface area contributed by atoms with Gasteiger partial charge in [-0.1, -0.05) is 30.3 Å². The Morgan fingerprint density at radius 2 is 1.97 bits per heavy atom. The normalized spacial score (nSPS) is 20.7. The highest BCUT2D eigenvalue weighted by Crippen LogP contribution is 2.30. The Labute approximate surface area is 179 Å². The van der Waals surface area contributed by atoms with Gasteiger partial charge in [-0.25, -0.2) is 18.4 Å². The third-order valence-electron chi connectivity index (χ3n) is 6.15. The predicted molar refractivity (Wildman–Crippen MR) is 119 cm³/mol. The second-order valence-corrected chi connectivity index (χ2v) is 10.4. The van der Waals surface area contributed by atoms with E-state index in [2.05, 4.69) is 17.3 Å². The van der Waals surface area contributed by atoms with Crippen molar-refractivity contribution < 1.29 is 8.42 Å². The van der Waals surface area contributed by atoms with Gasteiger partial charge in [-0.15, -0.1) is 0 Å². The molecule has 2 aliphatic rings. The topological polar surface area (TPSA) is 78.4 Å². The molecule has 1 fully saturated rings. The summed E-state index contributed by atoms with van der Waals surface area (Å²) in [6.07, 6.45) is 3.42. The van der Waals surface area contributed by atoms with Crippen LogP contribution in [0.5, 0.6) is 0 Å². The number of benzene rings is 1. The minimum atomic E-state index is -3.34. The number of nitrogens with zero attached hydrogens (tertiary/aromatic N) is 4. The SMILES string of the molecule is CNc1nc(C2CCCN(C)C2)nc2c1CN(S(=O)(=O)CCc1ccccc1)CC2. The molecule has 0 saturated carbocycles. The van der Waals surface area contributed by atoms with Gasteiger partial charge in [0.1, 0.15) is 11.6 Å². The molecule has 1 aromatic carbocycles. The summed E-state index contributed by atoms with van der Waals surface area (Å²) in [7, 11) is 0.646. The molecule has 0 spiro atoms. The van der Waals surface area contributed by atoms with Crippen molar-refractivity contribution in [2.24, 2.45) is 0 Å². The number of likely N-dealkylation sites (N-methyl/N-ethyl adjacent to an activating group) is 1. The first-order chi connectivity index (χ1) is 14.5. The molecule has 4 rings (SSSR count). The minimum absolute atomic E-state index is 0.120. The molecule has 0 amide bonds. The van der Waals surface area contributed by atoms with E-state index in [0.717, 1.165) is 54.4 Å². The van der Waals surface area contributed by atoms with Crippen LogP contribution in [0.25, 0.3) is 0 Å². The van der Waals surface area contributed by atoms with Gasteiger partial charge in [-0.2, -0.15) is 4.31 Å². The van der Waals surface area contributed by atoms with Crippen LogP contribution in [0, 0.1) is 0 Å². The molecule has 0 aliphatic carbocycles. The molecule has 1 saturated heterocycles. The maximum atomic E-state index is 13.0. The molecule has 0 radical (unpaired) electrons. The van der Waals surface area contributed by atoms with Crippen LogP contribution in [0.4, 0.5) is 5.82 Å². The highest BCUT2D eigenvalue weighted by Gasteiger charge is 2.31. The zero-order valence-corrected chi connectivity index (χ0v) is 18.7.